The van der Waals surface area contributed by atoms with Crippen LogP contribution in [0, 0.1) is 23.7 Å². The van der Waals surface area contributed by atoms with Crippen molar-refractivity contribution in [2.24, 2.45) is 23.7 Å². The van der Waals surface area contributed by atoms with Crippen LogP contribution >= 0.6 is 0 Å². The van der Waals surface area contributed by atoms with Crippen LogP contribution in [0.25, 0.3) is 0 Å². The molecule has 14 heavy (non-hydrogen) atoms. The predicted octanol–water partition coefficient (Wildman–Crippen LogP) is 0.575. The van der Waals surface area contributed by atoms with Gasteiger partial charge in [0.15, 0.2) is 0 Å². The third-order valence-corrected chi connectivity index (χ3v) is 3.38. The highest BCUT2D eigenvalue weighted by Crippen LogP contribution is 2.41. The van der Waals surface area contributed by atoms with Crippen LogP contribution in [0.3, 0.4) is 0 Å². The molecule has 0 spiro atoms. The van der Waals surface area contributed by atoms with Crippen LogP contribution in [0.2, 0.25) is 0 Å². The Labute approximate surface area is 82.8 Å². The van der Waals surface area contributed by atoms with E-state index in [1.807, 2.05) is 19.1 Å². The number of allylic oxidation sites excluding steroid dienone is 1. The molecular formula is C11H14O3. The molecule has 76 valence electrons. The van der Waals surface area contributed by atoms with Crippen LogP contribution in [0.1, 0.15) is 13.3 Å². The van der Waals surface area contributed by atoms with Gasteiger partial charge in [0.05, 0.1) is 13.0 Å². The summed E-state index contributed by atoms with van der Waals surface area (Å²) >= 11 is 0. The van der Waals surface area contributed by atoms with Crippen LogP contribution in [0.5, 0.6) is 0 Å². The highest BCUT2D eigenvalue weighted by Gasteiger charge is 2.48. The molecular weight excluding hydrogens is 180 g/mol. The Morgan fingerprint density at radius 1 is 1.29 bits per heavy atom. The van der Waals surface area contributed by atoms with Gasteiger partial charge in [0.25, 0.3) is 0 Å². The molecule has 0 amide bonds. The van der Waals surface area contributed by atoms with Gasteiger partial charge in [-0.15, -0.1) is 0 Å². The summed E-state index contributed by atoms with van der Waals surface area (Å²) < 4.78 is 0. The van der Waals surface area contributed by atoms with Gasteiger partial charge in [0.2, 0.25) is 0 Å². The average molecular weight is 194 g/mol. The number of ketones is 2. The van der Waals surface area contributed by atoms with E-state index >= 15 is 0 Å². The zero-order valence-electron chi connectivity index (χ0n) is 8.14. The molecule has 0 unspecified atom stereocenters. The maximum atomic E-state index is 11.6. The van der Waals surface area contributed by atoms with Gasteiger partial charge < -0.3 is 5.11 Å². The van der Waals surface area contributed by atoms with Gasteiger partial charge in [-0.05, 0) is 5.92 Å². The first-order chi connectivity index (χ1) is 6.65. The van der Waals surface area contributed by atoms with E-state index in [0.717, 1.165) is 0 Å². The normalized spacial score (nSPS) is 41.6. The number of hydrogen-bond acceptors (Lipinski definition) is 3. The third-order valence-electron chi connectivity index (χ3n) is 3.38. The van der Waals surface area contributed by atoms with Crippen molar-refractivity contribution in [1.29, 1.82) is 0 Å². The Morgan fingerprint density at radius 2 is 1.93 bits per heavy atom. The lowest BCUT2D eigenvalue weighted by molar-refractivity contribution is -0.123. The first-order valence-corrected chi connectivity index (χ1v) is 4.99. The zero-order chi connectivity index (χ0) is 10.3. The molecule has 0 aromatic carbocycles. The minimum atomic E-state index is -0.257. The van der Waals surface area contributed by atoms with Crippen LogP contribution in [0.4, 0.5) is 0 Å². The summed E-state index contributed by atoms with van der Waals surface area (Å²) in [5.41, 5.74) is 0. The smallest absolute Gasteiger partial charge is 0.144 e. The second kappa shape index (κ2) is 3.31. The molecule has 0 bridgehead atoms. The maximum absolute atomic E-state index is 11.6. The number of aliphatic hydroxyl groups is 1. The van der Waals surface area contributed by atoms with E-state index in [4.69, 9.17) is 5.11 Å². The van der Waals surface area contributed by atoms with E-state index < -0.39 is 0 Å². The lowest BCUT2D eigenvalue weighted by atomic mass is 9.73. The molecule has 2 aliphatic rings. The fourth-order valence-electron chi connectivity index (χ4n) is 2.67. The summed E-state index contributed by atoms with van der Waals surface area (Å²) in [5.74, 6) is -0.375. The van der Waals surface area contributed by atoms with E-state index in [-0.39, 0.29) is 48.3 Å². The Balaban J connectivity index is 2.35. The summed E-state index contributed by atoms with van der Waals surface area (Å²) in [6, 6.07) is 0. The van der Waals surface area contributed by atoms with Gasteiger partial charge in [-0.1, -0.05) is 19.1 Å². The molecule has 0 saturated heterocycles. The Morgan fingerprint density at radius 3 is 2.57 bits per heavy atom. The second-order valence-electron chi connectivity index (χ2n) is 4.25. The molecule has 1 fully saturated rings. The first kappa shape index (κ1) is 9.59. The quantitative estimate of drug-likeness (QED) is 0.490. The van der Waals surface area contributed by atoms with Gasteiger partial charge >= 0.3 is 0 Å². The van der Waals surface area contributed by atoms with Gasteiger partial charge in [-0.25, -0.2) is 0 Å². The minimum Gasteiger partial charge on any atom is -0.396 e. The number of hydrogen-bond donors (Lipinski definition) is 1. The minimum absolute atomic E-state index is 0.00949. The van der Waals surface area contributed by atoms with E-state index in [0.29, 0.717) is 0 Å². The fourth-order valence-corrected chi connectivity index (χ4v) is 2.67. The van der Waals surface area contributed by atoms with Gasteiger partial charge in [-0.3, -0.25) is 9.59 Å². The molecule has 4 atom stereocenters. The molecule has 0 heterocycles. The molecule has 0 aromatic rings. The Kier molecular flexibility index (Phi) is 2.27. The van der Waals surface area contributed by atoms with Gasteiger partial charge in [-0.2, -0.15) is 0 Å². The summed E-state index contributed by atoms with van der Waals surface area (Å²) in [7, 11) is 0. The van der Waals surface area contributed by atoms with Crippen molar-refractivity contribution >= 4 is 11.6 Å². The van der Waals surface area contributed by atoms with Crippen molar-refractivity contribution in [2.75, 3.05) is 6.61 Å². The van der Waals surface area contributed by atoms with Gasteiger partial charge in [0.1, 0.15) is 11.6 Å². The molecule has 2 aliphatic carbocycles. The largest absolute Gasteiger partial charge is 0.396 e. The molecule has 1 N–H and O–H groups in total. The summed E-state index contributed by atoms with van der Waals surface area (Å²) in [6.07, 6.45) is 3.89. The number of Topliss-reactive ketones (excluding diaryl/α,β-unsaturated/α-hetero) is 2. The average Bonchev–Trinajstić information content (AvgIpc) is 2.44. The fraction of sp³-hybridized carbons (Fsp3) is 0.636. The zero-order valence-corrected chi connectivity index (χ0v) is 8.14. The molecule has 3 heteroatoms. The van der Waals surface area contributed by atoms with Crippen molar-refractivity contribution in [2.45, 2.75) is 13.3 Å². The third kappa shape index (κ3) is 1.23. The molecule has 1 saturated carbocycles. The van der Waals surface area contributed by atoms with E-state index in [2.05, 4.69) is 0 Å². The molecule has 0 aliphatic heterocycles. The number of fused-ring (bicyclic) bond motifs is 1. The van der Waals surface area contributed by atoms with Crippen molar-refractivity contribution in [3.8, 4) is 0 Å². The van der Waals surface area contributed by atoms with Crippen molar-refractivity contribution in [1.82, 2.24) is 0 Å². The monoisotopic (exact) mass is 194 g/mol. The highest BCUT2D eigenvalue weighted by atomic mass is 16.3. The van der Waals surface area contributed by atoms with E-state index in [9.17, 15) is 9.59 Å². The van der Waals surface area contributed by atoms with Crippen molar-refractivity contribution in [3.63, 3.8) is 0 Å². The van der Waals surface area contributed by atoms with Crippen LogP contribution in [-0.4, -0.2) is 23.3 Å². The number of carbonyl (C=O) groups is 2. The van der Waals surface area contributed by atoms with Crippen molar-refractivity contribution in [3.05, 3.63) is 12.2 Å². The summed E-state index contributed by atoms with van der Waals surface area (Å²) in [4.78, 5) is 23.1. The van der Waals surface area contributed by atoms with Crippen molar-refractivity contribution < 1.29 is 14.7 Å². The lowest BCUT2D eigenvalue weighted by Crippen LogP contribution is -2.34. The highest BCUT2D eigenvalue weighted by molar-refractivity contribution is 6.09. The molecule has 3 nitrogen and oxygen atoms in total. The Bertz CT molecular complexity index is 306. The SMILES string of the molecule is C[C@@H]1C=C[C@H](CO)[C@@H]2C(=O)CC(=O)[C@@H]21. The maximum Gasteiger partial charge on any atom is 0.144 e. The Hall–Kier alpha value is -0.960. The van der Waals surface area contributed by atoms with Crippen LogP contribution < -0.4 is 0 Å². The summed E-state index contributed by atoms with van der Waals surface area (Å²) in [5, 5.41) is 9.11. The van der Waals surface area contributed by atoms with E-state index in [1.54, 1.807) is 0 Å². The number of carbonyl (C=O) groups excluding carboxylic acids is 2. The molecule has 2 rings (SSSR count). The van der Waals surface area contributed by atoms with Crippen LogP contribution in [-0.2, 0) is 9.59 Å². The van der Waals surface area contributed by atoms with E-state index in [1.165, 1.54) is 0 Å². The lowest BCUT2D eigenvalue weighted by Gasteiger charge is -2.30. The first-order valence-electron chi connectivity index (χ1n) is 4.99. The molecule has 0 radical (unpaired) electrons. The predicted molar refractivity (Wildman–Crippen MR) is 50.5 cm³/mol. The standard InChI is InChI=1S/C11H14O3/c1-6-2-3-7(5-12)11-9(14)4-8(13)10(6)11/h2-3,6-7,10-12H,4-5H2,1H3/t6-,7-,10+,11-/m1/s1. The number of rotatable bonds is 1. The number of aliphatic hydroxyl groups excluding tert-OH is 1. The topological polar surface area (TPSA) is 54.4 Å². The summed E-state index contributed by atoms with van der Waals surface area (Å²) in [6.45, 7) is 1.92. The van der Waals surface area contributed by atoms with Crippen LogP contribution in [0.15, 0.2) is 12.2 Å². The molecule has 0 aromatic heterocycles. The van der Waals surface area contributed by atoms with Gasteiger partial charge in [0, 0.05) is 17.8 Å². The second-order valence-corrected chi connectivity index (χ2v) is 4.25.